The molecule has 36 heavy (non-hydrogen) atoms. The van der Waals surface area contributed by atoms with Crippen molar-refractivity contribution < 1.29 is 32.0 Å². The highest BCUT2D eigenvalue weighted by Crippen LogP contribution is 2.58. The number of rotatable bonds is 5. The van der Waals surface area contributed by atoms with Gasteiger partial charge in [0.05, 0.1) is 16.5 Å². The zero-order valence-electron chi connectivity index (χ0n) is 19.5. The fourth-order valence-electron chi connectivity index (χ4n) is 5.25. The molecule has 2 aromatic heterocycles. The van der Waals surface area contributed by atoms with Gasteiger partial charge in [-0.25, -0.2) is 19.2 Å². The van der Waals surface area contributed by atoms with Gasteiger partial charge in [0.15, 0.2) is 0 Å². The number of benzene rings is 1. The summed E-state index contributed by atoms with van der Waals surface area (Å²) in [5, 5.41) is 12.4. The molecule has 3 heterocycles. The summed E-state index contributed by atoms with van der Waals surface area (Å²) >= 11 is 0. The molecule has 1 amide bonds. The van der Waals surface area contributed by atoms with Crippen LogP contribution in [0.1, 0.15) is 18.4 Å². The van der Waals surface area contributed by atoms with Crippen molar-refractivity contribution in [2.75, 3.05) is 38.3 Å². The summed E-state index contributed by atoms with van der Waals surface area (Å²) in [4.78, 5) is 23.4. The maximum atomic E-state index is 14.5. The quantitative estimate of drug-likeness (QED) is 0.325. The Bertz CT molecular complexity index is 1420. The normalized spacial score (nSPS) is 21.9. The highest BCUT2D eigenvalue weighted by Gasteiger charge is 2.57. The lowest BCUT2D eigenvalue weighted by Gasteiger charge is -2.15. The molecule has 192 valence electrons. The molecule has 5 rings (SSSR count). The van der Waals surface area contributed by atoms with Crippen molar-refractivity contribution in [3.63, 3.8) is 0 Å². The Morgan fingerprint density at radius 1 is 1.36 bits per heavy atom. The van der Waals surface area contributed by atoms with E-state index < -0.39 is 30.8 Å². The zero-order chi connectivity index (χ0) is 26.0. The summed E-state index contributed by atoms with van der Waals surface area (Å²) in [5.74, 6) is -0.531. The lowest BCUT2D eigenvalue weighted by Crippen LogP contribution is -2.27. The van der Waals surface area contributed by atoms with Crippen LogP contribution in [-0.2, 0) is 10.7 Å². The summed E-state index contributed by atoms with van der Waals surface area (Å²) in [6, 6.07) is 2.43. The first-order chi connectivity index (χ1) is 16.8. The first-order valence-corrected chi connectivity index (χ1v) is 13.9. The molecular formula is C23H24F4N5O3P. The number of hydrogen-bond donors (Lipinski definition) is 3. The Labute approximate surface area is 203 Å². The predicted molar refractivity (Wildman–Crippen MR) is 127 cm³/mol. The van der Waals surface area contributed by atoms with Crippen LogP contribution >= 0.6 is 7.14 Å². The number of hydrogen-bond acceptors (Lipinski definition) is 5. The minimum absolute atomic E-state index is 0.00137. The van der Waals surface area contributed by atoms with Gasteiger partial charge in [-0.3, -0.25) is 0 Å². The third kappa shape index (κ3) is 4.21. The van der Waals surface area contributed by atoms with Crippen molar-refractivity contribution in [2.45, 2.75) is 19.0 Å². The van der Waals surface area contributed by atoms with Crippen LogP contribution in [0.3, 0.4) is 0 Å². The fourth-order valence-corrected chi connectivity index (χ4v) is 6.57. The van der Waals surface area contributed by atoms with E-state index in [1.165, 1.54) is 30.5 Å². The number of aromatic amines is 1. The van der Waals surface area contributed by atoms with E-state index in [9.17, 15) is 32.0 Å². The molecule has 1 aromatic carbocycles. The van der Waals surface area contributed by atoms with Gasteiger partial charge in [0.1, 0.15) is 18.5 Å². The van der Waals surface area contributed by atoms with Crippen molar-refractivity contribution >= 4 is 35.4 Å². The Kier molecular flexibility index (Phi) is 5.59. The van der Waals surface area contributed by atoms with Crippen LogP contribution in [0, 0.1) is 17.2 Å². The Hall–Kier alpha value is -3.14. The van der Waals surface area contributed by atoms with E-state index in [-0.39, 0.29) is 44.7 Å². The molecule has 3 aromatic rings. The SMILES string of the molecule is CP(C)(=O)c1c(F)ccc2c(-c3nc(NCC4CC45CCN(C(=O)O)C5)ncc3C(F)(F)F)c[nH]c12. The van der Waals surface area contributed by atoms with Crippen molar-refractivity contribution in [2.24, 2.45) is 11.3 Å². The number of alkyl halides is 3. The molecule has 0 radical (unpaired) electrons. The smallest absolute Gasteiger partial charge is 0.419 e. The standard InChI is InChI=1S/C23H24F4N5O3P/c1-36(2,35)19-16(24)4-3-13-14(9-28-18(13)19)17-15(23(25,26)27)10-30-20(31-17)29-8-12-7-22(12)5-6-32(11-22)21(33)34/h3-4,9-10,12,28H,5-8,11H2,1-2H3,(H,33,34)(H,29,30,31). The van der Waals surface area contributed by atoms with E-state index in [4.69, 9.17) is 0 Å². The summed E-state index contributed by atoms with van der Waals surface area (Å²) in [6.07, 6.45) is -2.11. The second-order valence-electron chi connectivity index (χ2n) is 9.92. The average molecular weight is 525 g/mol. The maximum Gasteiger partial charge on any atom is 0.419 e. The number of likely N-dealkylation sites (tertiary alicyclic amines) is 1. The lowest BCUT2D eigenvalue weighted by atomic mass is 10.0. The molecule has 3 N–H and O–H groups in total. The van der Waals surface area contributed by atoms with E-state index in [0.29, 0.717) is 25.8 Å². The van der Waals surface area contributed by atoms with Crippen LogP contribution < -0.4 is 10.6 Å². The molecule has 13 heteroatoms. The van der Waals surface area contributed by atoms with Gasteiger partial charge in [-0.05, 0) is 49.6 Å². The second-order valence-corrected chi connectivity index (χ2v) is 13.1. The van der Waals surface area contributed by atoms with E-state index >= 15 is 0 Å². The number of carboxylic acid groups (broad SMARTS) is 1. The van der Waals surface area contributed by atoms with Crippen molar-refractivity contribution in [1.29, 1.82) is 0 Å². The monoisotopic (exact) mass is 525 g/mol. The van der Waals surface area contributed by atoms with Crippen LogP contribution in [0.15, 0.2) is 24.5 Å². The number of anilines is 1. The highest BCUT2D eigenvalue weighted by atomic mass is 31.2. The number of fused-ring (bicyclic) bond motifs is 1. The molecular weight excluding hydrogens is 501 g/mol. The van der Waals surface area contributed by atoms with Gasteiger partial charge in [-0.2, -0.15) is 13.2 Å². The molecule has 1 aliphatic carbocycles. The van der Waals surface area contributed by atoms with Gasteiger partial charge in [0.2, 0.25) is 5.95 Å². The number of nitrogens with one attached hydrogen (secondary N) is 2. The zero-order valence-corrected chi connectivity index (χ0v) is 20.4. The fraction of sp³-hybridized carbons (Fsp3) is 0.435. The van der Waals surface area contributed by atoms with E-state index in [1.54, 1.807) is 0 Å². The molecule has 2 unspecified atom stereocenters. The number of carbonyl (C=O) groups is 1. The minimum atomic E-state index is -4.74. The van der Waals surface area contributed by atoms with E-state index in [2.05, 4.69) is 20.3 Å². The van der Waals surface area contributed by atoms with Crippen LogP contribution in [-0.4, -0.2) is 64.0 Å². The summed E-state index contributed by atoms with van der Waals surface area (Å²) < 4.78 is 68.8. The number of amides is 1. The first-order valence-electron chi connectivity index (χ1n) is 11.3. The van der Waals surface area contributed by atoms with Gasteiger partial charge in [-0.15, -0.1) is 0 Å². The molecule has 2 fully saturated rings. The van der Waals surface area contributed by atoms with E-state index in [0.717, 1.165) is 18.9 Å². The Morgan fingerprint density at radius 3 is 2.75 bits per heavy atom. The first kappa shape index (κ1) is 24.5. The molecule has 1 saturated heterocycles. The lowest BCUT2D eigenvalue weighted by molar-refractivity contribution is -0.137. The molecule has 8 nitrogen and oxygen atoms in total. The number of halogens is 4. The van der Waals surface area contributed by atoms with Crippen LogP contribution in [0.25, 0.3) is 22.2 Å². The van der Waals surface area contributed by atoms with Crippen LogP contribution in [0.4, 0.5) is 28.3 Å². The third-order valence-corrected chi connectivity index (χ3v) is 8.70. The molecule has 0 bridgehead atoms. The molecule has 1 spiro atoms. The van der Waals surface area contributed by atoms with Crippen molar-refractivity contribution in [3.8, 4) is 11.3 Å². The Balaban J connectivity index is 1.47. The molecule has 2 aliphatic rings. The maximum absolute atomic E-state index is 14.5. The second kappa shape index (κ2) is 8.19. The van der Waals surface area contributed by atoms with Crippen molar-refractivity contribution in [1.82, 2.24) is 19.9 Å². The van der Waals surface area contributed by atoms with Crippen LogP contribution in [0.5, 0.6) is 0 Å². The number of H-pyrrole nitrogens is 1. The predicted octanol–water partition coefficient (Wildman–Crippen LogP) is 4.83. The third-order valence-electron chi connectivity index (χ3n) is 7.19. The highest BCUT2D eigenvalue weighted by molar-refractivity contribution is 7.70. The van der Waals surface area contributed by atoms with Gasteiger partial charge in [0.25, 0.3) is 0 Å². The van der Waals surface area contributed by atoms with Gasteiger partial charge < -0.3 is 24.9 Å². The average Bonchev–Trinajstić information content (AvgIpc) is 3.07. The Morgan fingerprint density at radius 2 is 2.11 bits per heavy atom. The largest absolute Gasteiger partial charge is 0.465 e. The molecule has 2 atom stereocenters. The topological polar surface area (TPSA) is 111 Å². The van der Waals surface area contributed by atoms with E-state index in [1.807, 2.05) is 0 Å². The summed E-state index contributed by atoms with van der Waals surface area (Å²) in [6.45, 7) is 4.10. The molecule has 1 saturated carbocycles. The van der Waals surface area contributed by atoms with Crippen LogP contribution in [0.2, 0.25) is 0 Å². The van der Waals surface area contributed by atoms with Gasteiger partial charge in [0, 0.05) is 43.0 Å². The minimum Gasteiger partial charge on any atom is -0.465 e. The summed E-state index contributed by atoms with van der Waals surface area (Å²) in [5.41, 5.74) is -1.27. The summed E-state index contributed by atoms with van der Waals surface area (Å²) in [7, 11) is -3.09. The van der Waals surface area contributed by atoms with Gasteiger partial charge in [-0.1, -0.05) is 0 Å². The van der Waals surface area contributed by atoms with Crippen molar-refractivity contribution in [3.05, 3.63) is 35.9 Å². The number of nitrogens with zero attached hydrogens (tertiary/aromatic N) is 3. The molecule has 1 aliphatic heterocycles. The van der Waals surface area contributed by atoms with Gasteiger partial charge >= 0.3 is 12.3 Å². The number of aromatic nitrogens is 3.